The van der Waals surface area contributed by atoms with E-state index in [2.05, 4.69) is 15.0 Å². The number of nitrogens with zero attached hydrogens (tertiary/aromatic N) is 2. The van der Waals surface area contributed by atoms with Crippen LogP contribution < -0.4 is 4.74 Å². The summed E-state index contributed by atoms with van der Waals surface area (Å²) in [6.07, 6.45) is 2.05. The number of ether oxygens (including phenoxy) is 2. The average molecular weight is 247 g/mol. The van der Waals surface area contributed by atoms with Gasteiger partial charge >= 0.3 is 0 Å². The van der Waals surface area contributed by atoms with Gasteiger partial charge in [0, 0.05) is 25.2 Å². The molecule has 5 nitrogen and oxygen atoms in total. The molecule has 5 heteroatoms. The van der Waals surface area contributed by atoms with E-state index < -0.39 is 0 Å². The van der Waals surface area contributed by atoms with Crippen molar-refractivity contribution < 1.29 is 9.47 Å². The lowest BCUT2D eigenvalue weighted by atomic mass is 10.00. The van der Waals surface area contributed by atoms with Crippen molar-refractivity contribution in [3.05, 3.63) is 18.0 Å². The monoisotopic (exact) mass is 247 g/mol. The zero-order valence-corrected chi connectivity index (χ0v) is 10.5. The van der Waals surface area contributed by atoms with Crippen molar-refractivity contribution in [2.24, 2.45) is 0 Å². The third-order valence-corrected chi connectivity index (χ3v) is 3.24. The third kappa shape index (κ3) is 2.18. The SMILES string of the molecule is CCOc1ccc2[nH]c(C3CCOCC3)nc2n1. The van der Waals surface area contributed by atoms with E-state index in [-0.39, 0.29) is 0 Å². The highest BCUT2D eigenvalue weighted by molar-refractivity contribution is 5.71. The minimum atomic E-state index is 0.462. The second kappa shape index (κ2) is 4.94. The zero-order chi connectivity index (χ0) is 12.4. The Labute approximate surface area is 106 Å². The van der Waals surface area contributed by atoms with E-state index in [1.807, 2.05) is 19.1 Å². The highest BCUT2D eigenvalue weighted by Crippen LogP contribution is 2.26. The number of hydrogen-bond acceptors (Lipinski definition) is 4. The number of H-pyrrole nitrogens is 1. The van der Waals surface area contributed by atoms with Crippen LogP contribution in [-0.4, -0.2) is 34.8 Å². The Hall–Kier alpha value is -1.62. The molecule has 18 heavy (non-hydrogen) atoms. The van der Waals surface area contributed by atoms with Gasteiger partial charge in [0.25, 0.3) is 0 Å². The molecule has 2 aromatic heterocycles. The van der Waals surface area contributed by atoms with Gasteiger partial charge in [0.15, 0.2) is 5.65 Å². The van der Waals surface area contributed by atoms with Crippen molar-refractivity contribution in [2.75, 3.05) is 19.8 Å². The highest BCUT2D eigenvalue weighted by atomic mass is 16.5. The van der Waals surface area contributed by atoms with E-state index in [0.717, 1.165) is 43.0 Å². The molecule has 3 heterocycles. The van der Waals surface area contributed by atoms with Crippen LogP contribution in [0.15, 0.2) is 12.1 Å². The number of rotatable bonds is 3. The van der Waals surface area contributed by atoms with Crippen molar-refractivity contribution in [1.82, 2.24) is 15.0 Å². The normalized spacial score (nSPS) is 17.2. The lowest BCUT2D eigenvalue weighted by molar-refractivity contribution is 0.0838. The fourth-order valence-corrected chi connectivity index (χ4v) is 2.29. The molecule has 0 aromatic carbocycles. The van der Waals surface area contributed by atoms with Crippen LogP contribution in [0, 0.1) is 0 Å². The Morgan fingerprint density at radius 1 is 1.33 bits per heavy atom. The summed E-state index contributed by atoms with van der Waals surface area (Å²) < 4.78 is 10.8. The van der Waals surface area contributed by atoms with E-state index >= 15 is 0 Å². The molecule has 0 saturated carbocycles. The molecule has 1 fully saturated rings. The van der Waals surface area contributed by atoms with Crippen LogP contribution in [0.3, 0.4) is 0 Å². The molecule has 0 aliphatic carbocycles. The zero-order valence-electron chi connectivity index (χ0n) is 10.5. The standard InChI is InChI=1S/C13H17N3O2/c1-2-18-11-4-3-10-13(15-11)16-12(14-10)9-5-7-17-8-6-9/h3-4,9H,2,5-8H2,1H3,(H,14,15,16). The number of imidazole rings is 1. The van der Waals surface area contributed by atoms with Crippen LogP contribution in [0.4, 0.5) is 0 Å². The first-order chi connectivity index (χ1) is 8.86. The first kappa shape index (κ1) is 11.5. The van der Waals surface area contributed by atoms with Crippen molar-refractivity contribution >= 4 is 11.2 Å². The summed E-state index contributed by atoms with van der Waals surface area (Å²) in [5.74, 6) is 2.12. The Kier molecular flexibility index (Phi) is 3.15. The molecule has 1 saturated heterocycles. The van der Waals surface area contributed by atoms with E-state index in [1.165, 1.54) is 0 Å². The predicted molar refractivity (Wildman–Crippen MR) is 67.9 cm³/mol. The van der Waals surface area contributed by atoms with E-state index in [0.29, 0.717) is 18.4 Å². The van der Waals surface area contributed by atoms with Gasteiger partial charge < -0.3 is 14.5 Å². The second-order valence-corrected chi connectivity index (χ2v) is 4.46. The molecular weight excluding hydrogens is 230 g/mol. The molecule has 0 radical (unpaired) electrons. The summed E-state index contributed by atoms with van der Waals surface area (Å²) >= 11 is 0. The largest absolute Gasteiger partial charge is 0.478 e. The van der Waals surface area contributed by atoms with Gasteiger partial charge in [-0.05, 0) is 25.8 Å². The summed E-state index contributed by atoms with van der Waals surface area (Å²) in [7, 11) is 0. The van der Waals surface area contributed by atoms with Gasteiger partial charge in [0.05, 0.1) is 12.1 Å². The molecule has 1 aliphatic heterocycles. The van der Waals surface area contributed by atoms with Crippen LogP contribution in [0.25, 0.3) is 11.2 Å². The van der Waals surface area contributed by atoms with Gasteiger partial charge in [-0.3, -0.25) is 0 Å². The number of fused-ring (bicyclic) bond motifs is 1. The van der Waals surface area contributed by atoms with Gasteiger partial charge in [-0.15, -0.1) is 0 Å². The Morgan fingerprint density at radius 2 is 2.17 bits per heavy atom. The molecule has 0 bridgehead atoms. The maximum absolute atomic E-state index is 5.38. The Bertz CT molecular complexity index is 532. The van der Waals surface area contributed by atoms with Crippen molar-refractivity contribution in [3.8, 4) is 5.88 Å². The summed E-state index contributed by atoms with van der Waals surface area (Å²) in [6.45, 7) is 4.21. The van der Waals surface area contributed by atoms with E-state index in [1.54, 1.807) is 0 Å². The second-order valence-electron chi connectivity index (χ2n) is 4.46. The molecule has 0 unspecified atom stereocenters. The quantitative estimate of drug-likeness (QED) is 0.903. The van der Waals surface area contributed by atoms with Crippen LogP contribution in [-0.2, 0) is 4.74 Å². The lowest BCUT2D eigenvalue weighted by Gasteiger charge is -2.19. The third-order valence-electron chi connectivity index (χ3n) is 3.24. The fourth-order valence-electron chi connectivity index (χ4n) is 2.29. The van der Waals surface area contributed by atoms with Crippen LogP contribution in [0.5, 0.6) is 5.88 Å². The number of aromatic amines is 1. The molecule has 1 N–H and O–H groups in total. The molecule has 2 aromatic rings. The molecule has 0 spiro atoms. The number of hydrogen-bond donors (Lipinski definition) is 1. The molecule has 3 rings (SSSR count). The number of pyridine rings is 1. The number of aromatic nitrogens is 3. The molecule has 0 atom stereocenters. The predicted octanol–water partition coefficient (Wildman–Crippen LogP) is 2.25. The first-order valence-corrected chi connectivity index (χ1v) is 6.44. The minimum absolute atomic E-state index is 0.462. The summed E-state index contributed by atoms with van der Waals surface area (Å²) in [5, 5.41) is 0. The maximum Gasteiger partial charge on any atom is 0.215 e. The van der Waals surface area contributed by atoms with Crippen LogP contribution >= 0.6 is 0 Å². The Morgan fingerprint density at radius 3 is 2.94 bits per heavy atom. The highest BCUT2D eigenvalue weighted by Gasteiger charge is 2.19. The topological polar surface area (TPSA) is 60.0 Å². The summed E-state index contributed by atoms with van der Waals surface area (Å²) in [4.78, 5) is 12.3. The van der Waals surface area contributed by atoms with Gasteiger partial charge in [-0.25, -0.2) is 4.98 Å². The van der Waals surface area contributed by atoms with E-state index in [4.69, 9.17) is 9.47 Å². The van der Waals surface area contributed by atoms with Gasteiger partial charge in [0.2, 0.25) is 5.88 Å². The van der Waals surface area contributed by atoms with Crippen molar-refractivity contribution in [1.29, 1.82) is 0 Å². The summed E-state index contributed by atoms with van der Waals surface area (Å²) in [6, 6.07) is 3.85. The van der Waals surface area contributed by atoms with Gasteiger partial charge in [-0.2, -0.15) is 4.98 Å². The van der Waals surface area contributed by atoms with Crippen LogP contribution in [0.1, 0.15) is 31.5 Å². The van der Waals surface area contributed by atoms with Crippen LogP contribution in [0.2, 0.25) is 0 Å². The smallest absolute Gasteiger partial charge is 0.215 e. The minimum Gasteiger partial charge on any atom is -0.478 e. The summed E-state index contributed by atoms with van der Waals surface area (Å²) in [5.41, 5.74) is 1.71. The fraction of sp³-hybridized carbons (Fsp3) is 0.538. The van der Waals surface area contributed by atoms with Crippen molar-refractivity contribution in [3.63, 3.8) is 0 Å². The maximum atomic E-state index is 5.38. The molecular formula is C13H17N3O2. The lowest BCUT2D eigenvalue weighted by Crippen LogP contribution is -2.15. The Balaban J connectivity index is 1.89. The molecule has 1 aliphatic rings. The average Bonchev–Trinajstić information content (AvgIpc) is 2.83. The van der Waals surface area contributed by atoms with Crippen molar-refractivity contribution in [2.45, 2.75) is 25.7 Å². The first-order valence-electron chi connectivity index (χ1n) is 6.44. The number of nitrogens with one attached hydrogen (secondary N) is 1. The molecule has 0 amide bonds. The van der Waals surface area contributed by atoms with Gasteiger partial charge in [-0.1, -0.05) is 0 Å². The molecule has 96 valence electrons. The van der Waals surface area contributed by atoms with E-state index in [9.17, 15) is 0 Å². The van der Waals surface area contributed by atoms with Gasteiger partial charge in [0.1, 0.15) is 5.82 Å².